The van der Waals surface area contributed by atoms with Gasteiger partial charge in [0.25, 0.3) is 5.91 Å². The molecule has 1 N–H and O–H groups in total. The maximum absolute atomic E-state index is 12.7. The van der Waals surface area contributed by atoms with Crippen molar-refractivity contribution >= 4 is 17.4 Å². The quantitative estimate of drug-likeness (QED) is 0.677. The largest absolute Gasteiger partial charge is 0.495 e. The second kappa shape index (κ2) is 7.27. The van der Waals surface area contributed by atoms with Crippen LogP contribution < -0.4 is 10.1 Å². The summed E-state index contributed by atoms with van der Waals surface area (Å²) in [6.45, 7) is 3.21. The van der Waals surface area contributed by atoms with Crippen LogP contribution in [0.5, 0.6) is 5.75 Å². The molecule has 5 nitrogen and oxygen atoms in total. The number of Topliss-reactive ketones (excluding diaryl/α,β-unsaturated/α-hetero) is 1. The fourth-order valence-corrected chi connectivity index (χ4v) is 2.67. The smallest absolute Gasteiger partial charge is 0.259 e. The van der Waals surface area contributed by atoms with Gasteiger partial charge in [-0.1, -0.05) is 30.3 Å². The lowest BCUT2D eigenvalue weighted by atomic mass is 10.1. The molecule has 132 valence electrons. The van der Waals surface area contributed by atoms with Crippen LogP contribution in [0, 0.1) is 6.92 Å². The number of furan rings is 1. The molecule has 2 aromatic carbocycles. The van der Waals surface area contributed by atoms with Crippen molar-refractivity contribution in [2.24, 2.45) is 0 Å². The van der Waals surface area contributed by atoms with Gasteiger partial charge < -0.3 is 14.5 Å². The normalized spacial score (nSPS) is 10.4. The van der Waals surface area contributed by atoms with Crippen LogP contribution in [0.25, 0.3) is 11.3 Å². The number of rotatable bonds is 5. The molecular formula is C21H19NO4. The van der Waals surface area contributed by atoms with E-state index in [-0.39, 0.29) is 11.7 Å². The Morgan fingerprint density at radius 2 is 1.77 bits per heavy atom. The van der Waals surface area contributed by atoms with E-state index in [0.717, 1.165) is 5.56 Å². The van der Waals surface area contributed by atoms with Crippen LogP contribution in [-0.2, 0) is 0 Å². The van der Waals surface area contributed by atoms with E-state index in [0.29, 0.717) is 34.1 Å². The summed E-state index contributed by atoms with van der Waals surface area (Å²) in [6.07, 6.45) is 0. The number of carbonyl (C=O) groups is 2. The second-order valence-electron chi connectivity index (χ2n) is 5.87. The maximum Gasteiger partial charge on any atom is 0.259 e. The number of hydrogen-bond acceptors (Lipinski definition) is 4. The van der Waals surface area contributed by atoms with Gasteiger partial charge in [-0.15, -0.1) is 0 Å². The van der Waals surface area contributed by atoms with Gasteiger partial charge in [0, 0.05) is 11.1 Å². The molecule has 26 heavy (non-hydrogen) atoms. The van der Waals surface area contributed by atoms with Gasteiger partial charge in [0.05, 0.1) is 18.4 Å². The first kappa shape index (κ1) is 17.5. The van der Waals surface area contributed by atoms with Gasteiger partial charge >= 0.3 is 0 Å². The Labute approximate surface area is 151 Å². The van der Waals surface area contributed by atoms with Crippen LogP contribution in [0.4, 0.5) is 5.69 Å². The molecule has 0 saturated heterocycles. The van der Waals surface area contributed by atoms with Crippen molar-refractivity contribution in [1.29, 1.82) is 0 Å². The SMILES string of the molecule is COc1ccc(C(C)=O)cc1NC(=O)c1cc(-c2ccccc2)oc1C. The molecule has 1 amide bonds. The number of hydrogen-bond donors (Lipinski definition) is 1. The van der Waals surface area contributed by atoms with E-state index in [1.165, 1.54) is 14.0 Å². The monoisotopic (exact) mass is 349 g/mol. The van der Waals surface area contributed by atoms with Gasteiger partial charge in [-0.25, -0.2) is 0 Å². The van der Waals surface area contributed by atoms with Crippen molar-refractivity contribution in [3.63, 3.8) is 0 Å². The molecule has 0 atom stereocenters. The summed E-state index contributed by atoms with van der Waals surface area (Å²) in [5.74, 6) is 1.20. The highest BCUT2D eigenvalue weighted by atomic mass is 16.5. The van der Waals surface area contributed by atoms with Gasteiger partial charge in [-0.2, -0.15) is 0 Å². The molecule has 0 aliphatic heterocycles. The highest BCUT2D eigenvalue weighted by molar-refractivity contribution is 6.07. The number of nitrogens with one attached hydrogen (secondary N) is 1. The molecule has 3 aromatic rings. The first-order valence-electron chi connectivity index (χ1n) is 8.15. The highest BCUT2D eigenvalue weighted by Gasteiger charge is 2.18. The molecule has 0 fully saturated rings. The van der Waals surface area contributed by atoms with Gasteiger partial charge in [0.2, 0.25) is 0 Å². The van der Waals surface area contributed by atoms with Crippen molar-refractivity contribution in [1.82, 2.24) is 0 Å². The van der Waals surface area contributed by atoms with Gasteiger partial charge in [-0.05, 0) is 38.1 Å². The minimum absolute atomic E-state index is 0.0889. The Bertz CT molecular complexity index is 957. The van der Waals surface area contributed by atoms with Gasteiger partial charge in [-0.3, -0.25) is 9.59 Å². The van der Waals surface area contributed by atoms with Crippen LogP contribution in [0.3, 0.4) is 0 Å². The molecule has 0 radical (unpaired) electrons. The van der Waals surface area contributed by atoms with E-state index in [1.807, 2.05) is 30.3 Å². The molecule has 0 saturated carbocycles. The van der Waals surface area contributed by atoms with E-state index in [2.05, 4.69) is 5.32 Å². The summed E-state index contributed by atoms with van der Waals surface area (Å²) in [7, 11) is 1.51. The zero-order valence-electron chi connectivity index (χ0n) is 14.8. The lowest BCUT2D eigenvalue weighted by Gasteiger charge is -2.11. The summed E-state index contributed by atoms with van der Waals surface area (Å²) in [4.78, 5) is 24.3. The van der Waals surface area contributed by atoms with Crippen molar-refractivity contribution < 1.29 is 18.7 Å². The molecule has 0 aliphatic rings. The number of anilines is 1. The van der Waals surface area contributed by atoms with Crippen LogP contribution in [-0.4, -0.2) is 18.8 Å². The Morgan fingerprint density at radius 1 is 1.04 bits per heavy atom. The maximum atomic E-state index is 12.7. The standard InChI is InChI=1S/C21H19NO4/c1-13(23)16-9-10-19(25-3)18(11-16)22-21(24)17-12-20(26-14(17)2)15-7-5-4-6-8-15/h4-12H,1-3H3,(H,22,24). The van der Waals surface area contributed by atoms with Crippen LogP contribution in [0.15, 0.2) is 59.0 Å². The fourth-order valence-electron chi connectivity index (χ4n) is 2.67. The third-order valence-electron chi connectivity index (χ3n) is 4.07. The molecule has 0 bridgehead atoms. The van der Waals surface area contributed by atoms with Crippen LogP contribution >= 0.6 is 0 Å². The molecule has 0 unspecified atom stereocenters. The minimum Gasteiger partial charge on any atom is -0.495 e. The number of ether oxygens (including phenoxy) is 1. The van der Waals surface area contributed by atoms with E-state index in [1.54, 1.807) is 31.2 Å². The van der Waals surface area contributed by atoms with Gasteiger partial charge in [0.1, 0.15) is 17.3 Å². The first-order chi connectivity index (χ1) is 12.5. The summed E-state index contributed by atoms with van der Waals surface area (Å²) in [6, 6.07) is 16.2. The first-order valence-corrected chi connectivity index (χ1v) is 8.15. The third kappa shape index (κ3) is 3.52. The Hall–Kier alpha value is -3.34. The average molecular weight is 349 g/mol. The van der Waals surface area contributed by atoms with Gasteiger partial charge in [0.15, 0.2) is 5.78 Å². The van der Waals surface area contributed by atoms with Crippen molar-refractivity contribution in [2.75, 3.05) is 12.4 Å². The van der Waals surface area contributed by atoms with Crippen molar-refractivity contribution in [3.05, 3.63) is 71.5 Å². The highest BCUT2D eigenvalue weighted by Crippen LogP contribution is 2.29. The number of ketones is 1. The van der Waals surface area contributed by atoms with Crippen molar-refractivity contribution in [2.45, 2.75) is 13.8 Å². The number of aryl methyl sites for hydroxylation is 1. The summed E-state index contributed by atoms with van der Waals surface area (Å²) in [5, 5.41) is 2.80. The third-order valence-corrected chi connectivity index (χ3v) is 4.07. The molecule has 0 spiro atoms. The predicted molar refractivity (Wildman–Crippen MR) is 99.8 cm³/mol. The fraction of sp³-hybridized carbons (Fsp3) is 0.143. The zero-order valence-corrected chi connectivity index (χ0v) is 14.8. The van der Waals surface area contributed by atoms with Crippen LogP contribution in [0.2, 0.25) is 0 Å². The van der Waals surface area contributed by atoms with E-state index >= 15 is 0 Å². The molecule has 1 aromatic heterocycles. The van der Waals surface area contributed by atoms with E-state index in [9.17, 15) is 9.59 Å². The second-order valence-corrected chi connectivity index (χ2v) is 5.87. The summed E-state index contributed by atoms with van der Waals surface area (Å²) >= 11 is 0. The molecule has 0 aliphatic carbocycles. The van der Waals surface area contributed by atoms with Crippen LogP contribution in [0.1, 0.15) is 33.4 Å². The molecular weight excluding hydrogens is 330 g/mol. The Morgan fingerprint density at radius 3 is 2.42 bits per heavy atom. The summed E-state index contributed by atoms with van der Waals surface area (Å²) in [5.41, 5.74) is 2.26. The molecule has 1 heterocycles. The number of methoxy groups -OCH3 is 1. The minimum atomic E-state index is -0.326. The van der Waals surface area contributed by atoms with Crippen molar-refractivity contribution in [3.8, 4) is 17.1 Å². The lowest BCUT2D eigenvalue weighted by Crippen LogP contribution is -2.13. The molecule has 3 rings (SSSR count). The number of amides is 1. The Balaban J connectivity index is 1.90. The average Bonchev–Trinajstić information content (AvgIpc) is 3.04. The Kier molecular flexibility index (Phi) is 4.89. The predicted octanol–water partition coefficient (Wildman–Crippen LogP) is 4.72. The number of carbonyl (C=O) groups excluding carboxylic acids is 2. The molecule has 5 heteroatoms. The summed E-state index contributed by atoms with van der Waals surface area (Å²) < 4.78 is 11.0. The van der Waals surface area contributed by atoms with E-state index < -0.39 is 0 Å². The zero-order chi connectivity index (χ0) is 18.7. The van der Waals surface area contributed by atoms with E-state index in [4.69, 9.17) is 9.15 Å². The lowest BCUT2D eigenvalue weighted by molar-refractivity contribution is 0.101. The number of benzene rings is 2. The topological polar surface area (TPSA) is 68.5 Å².